The zero-order chi connectivity index (χ0) is 11.8. The third kappa shape index (κ3) is 4.47. The summed E-state index contributed by atoms with van der Waals surface area (Å²) < 4.78 is 5.54. The lowest BCUT2D eigenvalue weighted by molar-refractivity contribution is 0.293. The summed E-state index contributed by atoms with van der Waals surface area (Å²) in [7, 11) is 0. The molecule has 4 nitrogen and oxygen atoms in total. The molecule has 0 amide bonds. The van der Waals surface area contributed by atoms with Crippen LogP contribution >= 0.6 is 0 Å². The molecule has 1 rings (SSSR count). The van der Waals surface area contributed by atoms with Crippen LogP contribution in [0.15, 0.2) is 6.07 Å². The number of hydrogen-bond donors (Lipinski definition) is 1. The van der Waals surface area contributed by atoms with E-state index in [-0.39, 0.29) is 0 Å². The van der Waals surface area contributed by atoms with Gasteiger partial charge in [0.05, 0.1) is 6.61 Å². The fourth-order valence-corrected chi connectivity index (χ4v) is 1.43. The lowest BCUT2D eigenvalue weighted by atomic mass is 10.3. The normalized spacial score (nSPS) is 10.4. The highest BCUT2D eigenvalue weighted by Crippen LogP contribution is 2.12. The second kappa shape index (κ2) is 7.04. The Balaban J connectivity index is 2.51. The number of aromatic nitrogens is 2. The van der Waals surface area contributed by atoms with E-state index in [1.807, 2.05) is 0 Å². The van der Waals surface area contributed by atoms with Gasteiger partial charge >= 0.3 is 0 Å². The van der Waals surface area contributed by atoms with Gasteiger partial charge in [0, 0.05) is 12.5 Å². The predicted molar refractivity (Wildman–Crippen MR) is 65.5 cm³/mol. The predicted octanol–water partition coefficient (Wildman–Crippen LogP) is 2.58. The molecular formula is C12H21N3O. The van der Waals surface area contributed by atoms with Crippen LogP contribution in [0.4, 0.5) is 5.82 Å². The fraction of sp³-hybridized carbons (Fsp3) is 0.667. The zero-order valence-corrected chi connectivity index (χ0v) is 10.2. The van der Waals surface area contributed by atoms with Crippen molar-refractivity contribution in [1.29, 1.82) is 0 Å². The molecule has 0 aromatic carbocycles. The van der Waals surface area contributed by atoms with Gasteiger partial charge in [0.1, 0.15) is 11.6 Å². The van der Waals surface area contributed by atoms with Gasteiger partial charge in [-0.2, -0.15) is 4.98 Å². The Morgan fingerprint density at radius 2 is 2.00 bits per heavy atom. The summed E-state index contributed by atoms with van der Waals surface area (Å²) in [5, 5.41) is 0. The number of anilines is 1. The SMILES string of the molecule is CCCCCOc1cc(N)nc(CCC)n1. The maximum atomic E-state index is 5.69. The molecule has 16 heavy (non-hydrogen) atoms. The molecule has 1 aromatic rings. The van der Waals surface area contributed by atoms with Gasteiger partial charge in [-0.05, 0) is 12.8 Å². The smallest absolute Gasteiger partial charge is 0.218 e. The van der Waals surface area contributed by atoms with E-state index in [9.17, 15) is 0 Å². The Morgan fingerprint density at radius 1 is 1.19 bits per heavy atom. The maximum Gasteiger partial charge on any atom is 0.218 e. The molecule has 0 radical (unpaired) electrons. The molecule has 1 heterocycles. The fourth-order valence-electron chi connectivity index (χ4n) is 1.43. The number of aryl methyl sites for hydroxylation is 1. The number of nitrogens with zero attached hydrogens (tertiary/aromatic N) is 2. The van der Waals surface area contributed by atoms with Gasteiger partial charge in [0.2, 0.25) is 5.88 Å². The maximum absolute atomic E-state index is 5.69. The van der Waals surface area contributed by atoms with Crippen LogP contribution in [0.2, 0.25) is 0 Å². The van der Waals surface area contributed by atoms with Crippen LogP contribution in [0.25, 0.3) is 0 Å². The summed E-state index contributed by atoms with van der Waals surface area (Å²) in [4.78, 5) is 8.46. The second-order valence-corrected chi connectivity index (χ2v) is 3.85. The van der Waals surface area contributed by atoms with E-state index in [0.717, 1.165) is 25.1 Å². The van der Waals surface area contributed by atoms with Crippen LogP contribution in [0, 0.1) is 0 Å². The average molecular weight is 223 g/mol. The molecule has 0 saturated carbocycles. The molecule has 4 heteroatoms. The van der Waals surface area contributed by atoms with Gasteiger partial charge in [0.25, 0.3) is 0 Å². The van der Waals surface area contributed by atoms with Gasteiger partial charge < -0.3 is 10.5 Å². The number of nitrogens with two attached hydrogens (primary N) is 1. The highest BCUT2D eigenvalue weighted by Gasteiger charge is 2.02. The number of rotatable bonds is 7. The molecular weight excluding hydrogens is 202 g/mol. The Hall–Kier alpha value is -1.32. The Bertz CT molecular complexity index is 315. The quantitative estimate of drug-likeness (QED) is 0.722. The van der Waals surface area contributed by atoms with Gasteiger partial charge in [-0.3, -0.25) is 0 Å². The molecule has 0 unspecified atom stereocenters. The van der Waals surface area contributed by atoms with Crippen LogP contribution in [0.1, 0.15) is 45.4 Å². The van der Waals surface area contributed by atoms with Crippen molar-refractivity contribution in [3.05, 3.63) is 11.9 Å². The Labute approximate surface area is 97.2 Å². The van der Waals surface area contributed by atoms with Crippen LogP contribution in [-0.4, -0.2) is 16.6 Å². The third-order valence-corrected chi connectivity index (χ3v) is 2.24. The van der Waals surface area contributed by atoms with E-state index in [4.69, 9.17) is 10.5 Å². The van der Waals surface area contributed by atoms with E-state index >= 15 is 0 Å². The van der Waals surface area contributed by atoms with E-state index in [2.05, 4.69) is 23.8 Å². The molecule has 0 fully saturated rings. The van der Waals surface area contributed by atoms with Crippen molar-refractivity contribution >= 4 is 5.82 Å². The molecule has 0 spiro atoms. The van der Waals surface area contributed by atoms with E-state index in [1.54, 1.807) is 6.07 Å². The number of unbranched alkanes of at least 4 members (excludes halogenated alkanes) is 2. The molecule has 0 saturated heterocycles. The molecule has 90 valence electrons. The highest BCUT2D eigenvalue weighted by molar-refractivity contribution is 5.32. The van der Waals surface area contributed by atoms with Crippen LogP contribution in [-0.2, 0) is 6.42 Å². The summed E-state index contributed by atoms with van der Waals surface area (Å²) in [5.74, 6) is 1.86. The molecule has 0 aliphatic rings. The van der Waals surface area contributed by atoms with Gasteiger partial charge in [-0.15, -0.1) is 0 Å². The first-order valence-corrected chi connectivity index (χ1v) is 6.02. The van der Waals surface area contributed by atoms with E-state index in [0.29, 0.717) is 18.3 Å². The van der Waals surface area contributed by atoms with Crippen LogP contribution in [0.3, 0.4) is 0 Å². The summed E-state index contributed by atoms with van der Waals surface area (Å²) in [6.45, 7) is 4.96. The first kappa shape index (κ1) is 12.7. The molecule has 1 aromatic heterocycles. The summed E-state index contributed by atoms with van der Waals surface area (Å²) >= 11 is 0. The minimum atomic E-state index is 0.490. The molecule has 2 N–H and O–H groups in total. The lowest BCUT2D eigenvalue weighted by Crippen LogP contribution is -2.04. The zero-order valence-electron chi connectivity index (χ0n) is 10.2. The average Bonchev–Trinajstić information content (AvgIpc) is 2.24. The minimum Gasteiger partial charge on any atom is -0.478 e. The number of ether oxygens (including phenoxy) is 1. The summed E-state index contributed by atoms with van der Waals surface area (Å²) in [5.41, 5.74) is 5.69. The standard InChI is InChI=1S/C12H21N3O/c1-3-5-6-8-16-12-9-10(13)14-11(15-12)7-4-2/h9H,3-8H2,1-2H3,(H2,13,14,15). The van der Waals surface area contributed by atoms with Gasteiger partial charge in [-0.1, -0.05) is 26.7 Å². The summed E-state index contributed by atoms with van der Waals surface area (Å²) in [6.07, 6.45) is 5.29. The van der Waals surface area contributed by atoms with Crippen molar-refractivity contribution in [3.63, 3.8) is 0 Å². The molecule has 0 aliphatic carbocycles. The van der Waals surface area contributed by atoms with Crippen molar-refractivity contribution in [3.8, 4) is 5.88 Å². The monoisotopic (exact) mass is 223 g/mol. The van der Waals surface area contributed by atoms with Crippen molar-refractivity contribution in [1.82, 2.24) is 9.97 Å². The van der Waals surface area contributed by atoms with Gasteiger partial charge in [0.15, 0.2) is 0 Å². The first-order chi connectivity index (χ1) is 7.76. The van der Waals surface area contributed by atoms with Crippen molar-refractivity contribution in [2.24, 2.45) is 0 Å². The second-order valence-electron chi connectivity index (χ2n) is 3.85. The van der Waals surface area contributed by atoms with Crippen LogP contribution in [0.5, 0.6) is 5.88 Å². The van der Waals surface area contributed by atoms with Gasteiger partial charge in [-0.25, -0.2) is 4.98 Å². The van der Waals surface area contributed by atoms with Crippen LogP contribution < -0.4 is 10.5 Å². The highest BCUT2D eigenvalue weighted by atomic mass is 16.5. The number of hydrogen-bond acceptors (Lipinski definition) is 4. The summed E-state index contributed by atoms with van der Waals surface area (Å²) in [6, 6.07) is 1.69. The van der Waals surface area contributed by atoms with Crippen molar-refractivity contribution < 1.29 is 4.74 Å². The third-order valence-electron chi connectivity index (χ3n) is 2.24. The lowest BCUT2D eigenvalue weighted by Gasteiger charge is -2.07. The van der Waals surface area contributed by atoms with Crippen molar-refractivity contribution in [2.45, 2.75) is 46.0 Å². The molecule has 0 aliphatic heterocycles. The largest absolute Gasteiger partial charge is 0.478 e. The number of nitrogen functional groups attached to an aromatic ring is 1. The van der Waals surface area contributed by atoms with E-state index in [1.165, 1.54) is 12.8 Å². The Morgan fingerprint density at radius 3 is 2.69 bits per heavy atom. The minimum absolute atomic E-state index is 0.490. The molecule has 0 atom stereocenters. The van der Waals surface area contributed by atoms with E-state index < -0.39 is 0 Å². The first-order valence-electron chi connectivity index (χ1n) is 6.02. The molecule has 0 bridgehead atoms. The Kier molecular flexibility index (Phi) is 5.61. The van der Waals surface area contributed by atoms with Crippen molar-refractivity contribution in [2.75, 3.05) is 12.3 Å². The topological polar surface area (TPSA) is 61.0 Å².